The van der Waals surface area contributed by atoms with E-state index in [0.717, 1.165) is 12.8 Å². The molecule has 0 spiro atoms. The topological polar surface area (TPSA) is 98.7 Å². The van der Waals surface area contributed by atoms with Crippen LogP contribution < -0.4 is 10.9 Å². The lowest BCUT2D eigenvalue weighted by Gasteiger charge is -2.19. The molecule has 17 heavy (non-hydrogen) atoms. The van der Waals surface area contributed by atoms with Crippen molar-refractivity contribution in [3.05, 3.63) is 0 Å². The van der Waals surface area contributed by atoms with E-state index in [1.54, 1.807) is 4.90 Å². The number of hydrogen-bond acceptors (Lipinski definition) is 4. The molecule has 7 heteroatoms. The van der Waals surface area contributed by atoms with Crippen molar-refractivity contribution in [3.8, 4) is 0 Å². The summed E-state index contributed by atoms with van der Waals surface area (Å²) in [4.78, 5) is 34.1. The molecule has 1 aliphatic rings. The zero-order valence-electron chi connectivity index (χ0n) is 9.73. The van der Waals surface area contributed by atoms with Crippen LogP contribution in [0.2, 0.25) is 0 Å². The third-order valence-electron chi connectivity index (χ3n) is 2.32. The Hall–Kier alpha value is -1.63. The summed E-state index contributed by atoms with van der Waals surface area (Å²) < 4.78 is 0. The van der Waals surface area contributed by atoms with Gasteiger partial charge in [-0.25, -0.2) is 0 Å². The maximum Gasteiger partial charge on any atom is 0.317 e. The molecule has 96 valence electrons. The van der Waals surface area contributed by atoms with Crippen molar-refractivity contribution in [3.63, 3.8) is 0 Å². The van der Waals surface area contributed by atoms with E-state index in [0.29, 0.717) is 12.5 Å². The number of amides is 2. The minimum Gasteiger partial charge on any atom is -0.480 e. The lowest BCUT2D eigenvalue weighted by Crippen LogP contribution is -2.47. The summed E-state index contributed by atoms with van der Waals surface area (Å²) in [6, 6.07) is 0. The maximum atomic E-state index is 11.4. The Morgan fingerprint density at radius 3 is 2.35 bits per heavy atom. The average molecular weight is 243 g/mol. The molecule has 7 nitrogen and oxygen atoms in total. The van der Waals surface area contributed by atoms with Crippen LogP contribution in [0, 0.1) is 5.92 Å². The molecule has 2 amide bonds. The van der Waals surface area contributed by atoms with Gasteiger partial charge < -0.3 is 5.11 Å². The summed E-state index contributed by atoms with van der Waals surface area (Å²) in [5.74, 6) is -1.24. The fourth-order valence-corrected chi connectivity index (χ4v) is 1.44. The molecule has 0 unspecified atom stereocenters. The largest absolute Gasteiger partial charge is 0.480 e. The fraction of sp³-hybridized carbons (Fsp3) is 0.700. The standard InChI is InChI=1S/C10H17N3O4/c1-7(14)11-12-9(15)5-13(6-10(16)17)4-8-2-3-8/h8H,2-6H2,1H3,(H,11,14)(H,12,15)(H,16,17). The molecule has 1 aliphatic carbocycles. The second-order valence-electron chi connectivity index (χ2n) is 4.24. The number of carboxylic acid groups (broad SMARTS) is 1. The first-order valence-electron chi connectivity index (χ1n) is 5.47. The summed E-state index contributed by atoms with van der Waals surface area (Å²) in [7, 11) is 0. The highest BCUT2D eigenvalue weighted by molar-refractivity contribution is 5.82. The van der Waals surface area contributed by atoms with Crippen molar-refractivity contribution in [2.24, 2.45) is 5.92 Å². The number of hydrogen-bond donors (Lipinski definition) is 3. The summed E-state index contributed by atoms with van der Waals surface area (Å²) >= 11 is 0. The van der Waals surface area contributed by atoms with Gasteiger partial charge in [-0.2, -0.15) is 0 Å². The van der Waals surface area contributed by atoms with Crippen molar-refractivity contribution in [2.45, 2.75) is 19.8 Å². The smallest absolute Gasteiger partial charge is 0.317 e. The van der Waals surface area contributed by atoms with E-state index >= 15 is 0 Å². The number of nitrogens with zero attached hydrogens (tertiary/aromatic N) is 1. The lowest BCUT2D eigenvalue weighted by molar-refractivity contribution is -0.139. The molecular formula is C10H17N3O4. The highest BCUT2D eigenvalue weighted by atomic mass is 16.4. The minimum atomic E-state index is -0.960. The van der Waals surface area contributed by atoms with Crippen LogP contribution in [0.1, 0.15) is 19.8 Å². The van der Waals surface area contributed by atoms with Gasteiger partial charge in [-0.15, -0.1) is 0 Å². The summed E-state index contributed by atoms with van der Waals surface area (Å²) in [6.45, 7) is 1.70. The molecule has 1 rings (SSSR count). The van der Waals surface area contributed by atoms with Crippen molar-refractivity contribution < 1.29 is 19.5 Å². The van der Waals surface area contributed by atoms with Gasteiger partial charge in [0.15, 0.2) is 0 Å². The molecular weight excluding hydrogens is 226 g/mol. The van der Waals surface area contributed by atoms with Crippen LogP contribution in [0.3, 0.4) is 0 Å². The number of hydrazine groups is 1. The summed E-state index contributed by atoms with van der Waals surface area (Å²) in [5.41, 5.74) is 4.37. The molecule has 1 fully saturated rings. The molecule has 0 saturated heterocycles. The molecule has 1 saturated carbocycles. The zero-order chi connectivity index (χ0) is 12.8. The molecule has 0 aromatic heterocycles. The predicted molar refractivity (Wildman–Crippen MR) is 58.8 cm³/mol. The molecule has 0 aromatic carbocycles. The molecule has 0 radical (unpaired) electrons. The number of carboxylic acids is 1. The van der Waals surface area contributed by atoms with Crippen molar-refractivity contribution in [2.75, 3.05) is 19.6 Å². The van der Waals surface area contributed by atoms with Gasteiger partial charge >= 0.3 is 5.97 Å². The van der Waals surface area contributed by atoms with E-state index in [4.69, 9.17) is 5.11 Å². The SMILES string of the molecule is CC(=O)NNC(=O)CN(CC(=O)O)CC1CC1. The molecule has 3 N–H and O–H groups in total. The number of nitrogens with one attached hydrogen (secondary N) is 2. The molecule has 0 bridgehead atoms. The van der Waals surface area contributed by atoms with E-state index in [1.807, 2.05) is 0 Å². The van der Waals surface area contributed by atoms with Crippen LogP contribution in [-0.2, 0) is 14.4 Å². The van der Waals surface area contributed by atoms with Gasteiger partial charge in [0.2, 0.25) is 5.91 Å². The van der Waals surface area contributed by atoms with E-state index in [2.05, 4.69) is 10.9 Å². The summed E-state index contributed by atoms with van der Waals surface area (Å²) in [6.07, 6.45) is 2.17. The lowest BCUT2D eigenvalue weighted by atomic mass is 10.3. The molecule has 0 aliphatic heterocycles. The van der Waals surface area contributed by atoms with Crippen molar-refractivity contribution >= 4 is 17.8 Å². The number of rotatable bonds is 6. The first-order chi connectivity index (χ1) is 7.97. The second kappa shape index (κ2) is 6.19. The fourth-order valence-electron chi connectivity index (χ4n) is 1.44. The molecule has 0 heterocycles. The van der Waals surface area contributed by atoms with Crippen LogP contribution in [0.15, 0.2) is 0 Å². The predicted octanol–water partition coefficient (Wildman–Crippen LogP) is -1.05. The number of carbonyl (C=O) groups is 3. The highest BCUT2D eigenvalue weighted by Crippen LogP contribution is 2.29. The second-order valence-corrected chi connectivity index (χ2v) is 4.24. The number of aliphatic carboxylic acids is 1. The monoisotopic (exact) mass is 243 g/mol. The van der Waals surface area contributed by atoms with Gasteiger partial charge in [-0.05, 0) is 18.8 Å². The van der Waals surface area contributed by atoms with Crippen molar-refractivity contribution in [1.82, 2.24) is 15.8 Å². The third kappa shape index (κ3) is 6.52. The van der Waals surface area contributed by atoms with Crippen molar-refractivity contribution in [1.29, 1.82) is 0 Å². The highest BCUT2D eigenvalue weighted by Gasteiger charge is 2.26. The Morgan fingerprint density at radius 1 is 1.24 bits per heavy atom. The van der Waals surface area contributed by atoms with Crippen LogP contribution in [0.25, 0.3) is 0 Å². The number of carbonyl (C=O) groups excluding carboxylic acids is 2. The molecule has 0 atom stereocenters. The maximum absolute atomic E-state index is 11.4. The Kier molecular flexibility index (Phi) is 4.89. The van der Waals surface area contributed by atoms with Gasteiger partial charge in [0, 0.05) is 13.5 Å². The van der Waals surface area contributed by atoms with Crippen LogP contribution in [0.4, 0.5) is 0 Å². The first kappa shape index (κ1) is 13.4. The van der Waals surface area contributed by atoms with Gasteiger partial charge in [0.25, 0.3) is 5.91 Å². The Labute approximate surface area is 99.1 Å². The summed E-state index contributed by atoms with van der Waals surface area (Å²) in [5, 5.41) is 8.71. The zero-order valence-corrected chi connectivity index (χ0v) is 9.73. The first-order valence-corrected chi connectivity index (χ1v) is 5.47. The van der Waals surface area contributed by atoms with Crippen LogP contribution >= 0.6 is 0 Å². The van der Waals surface area contributed by atoms with E-state index in [1.165, 1.54) is 6.92 Å². The van der Waals surface area contributed by atoms with E-state index in [-0.39, 0.29) is 19.0 Å². The van der Waals surface area contributed by atoms with Gasteiger partial charge in [-0.3, -0.25) is 30.1 Å². The van der Waals surface area contributed by atoms with E-state index in [9.17, 15) is 14.4 Å². The minimum absolute atomic E-state index is 0.0247. The Balaban J connectivity index is 2.32. The molecule has 0 aromatic rings. The average Bonchev–Trinajstić information content (AvgIpc) is 2.97. The Bertz CT molecular complexity index is 315. The quantitative estimate of drug-likeness (QED) is 0.517. The van der Waals surface area contributed by atoms with Gasteiger partial charge in [-0.1, -0.05) is 0 Å². The normalized spacial score (nSPS) is 14.5. The van der Waals surface area contributed by atoms with E-state index < -0.39 is 11.9 Å². The third-order valence-corrected chi connectivity index (χ3v) is 2.32. The van der Waals surface area contributed by atoms with Gasteiger partial charge in [0.05, 0.1) is 13.1 Å². The van der Waals surface area contributed by atoms with Gasteiger partial charge in [0.1, 0.15) is 0 Å². The van der Waals surface area contributed by atoms with Crippen LogP contribution in [0.5, 0.6) is 0 Å². The Morgan fingerprint density at radius 2 is 1.88 bits per heavy atom. The van der Waals surface area contributed by atoms with Crippen LogP contribution in [-0.4, -0.2) is 47.4 Å².